The maximum Gasteiger partial charge on any atom is 0.164 e. The number of rotatable bonds is 7. The quantitative estimate of drug-likeness (QED) is 0.363. The molecule has 0 heterocycles. The Balaban J connectivity index is 1.31. The molecule has 0 aromatic heterocycles. The van der Waals surface area contributed by atoms with Gasteiger partial charge in [0.25, 0.3) is 0 Å². The van der Waals surface area contributed by atoms with Crippen LogP contribution in [-0.2, 0) is 11.3 Å². The highest BCUT2D eigenvalue weighted by atomic mass is 19.2. The highest BCUT2D eigenvalue weighted by Gasteiger charge is 2.28. The van der Waals surface area contributed by atoms with Crippen LogP contribution in [0.3, 0.4) is 0 Å². The molecule has 34 heavy (non-hydrogen) atoms. The summed E-state index contributed by atoms with van der Waals surface area (Å²) in [5.74, 6) is -2.26. The fraction of sp³-hybridized carbons (Fsp3) is 0.586. The van der Waals surface area contributed by atoms with E-state index in [4.69, 9.17) is 4.74 Å². The SMILES string of the molecule is CCCC1CCC(c2ccc(COC3CCC(c4ccc(C)c(F)c4F)CC3)c(F)c2F)CC1. The van der Waals surface area contributed by atoms with E-state index in [-0.39, 0.29) is 30.1 Å². The van der Waals surface area contributed by atoms with Gasteiger partial charge in [-0.15, -0.1) is 0 Å². The van der Waals surface area contributed by atoms with Crippen molar-refractivity contribution in [1.29, 1.82) is 0 Å². The number of halogens is 4. The van der Waals surface area contributed by atoms with E-state index in [0.717, 1.165) is 31.6 Å². The Morgan fingerprint density at radius 2 is 1.26 bits per heavy atom. The summed E-state index contributed by atoms with van der Waals surface area (Å²) in [6.45, 7) is 3.77. The second kappa shape index (κ2) is 11.2. The van der Waals surface area contributed by atoms with E-state index in [1.807, 2.05) is 0 Å². The minimum absolute atomic E-state index is 0.0229. The summed E-state index contributed by atoms with van der Waals surface area (Å²) in [6.07, 6.45) is 9.06. The van der Waals surface area contributed by atoms with Gasteiger partial charge in [-0.25, -0.2) is 17.6 Å². The molecule has 5 heteroatoms. The van der Waals surface area contributed by atoms with Crippen LogP contribution in [0.15, 0.2) is 24.3 Å². The van der Waals surface area contributed by atoms with Gasteiger partial charge < -0.3 is 4.74 Å². The van der Waals surface area contributed by atoms with E-state index in [1.165, 1.54) is 12.8 Å². The van der Waals surface area contributed by atoms with Crippen molar-refractivity contribution in [2.75, 3.05) is 0 Å². The van der Waals surface area contributed by atoms with Crippen LogP contribution in [0.2, 0.25) is 0 Å². The molecule has 2 fully saturated rings. The van der Waals surface area contributed by atoms with Crippen LogP contribution in [0.1, 0.15) is 105 Å². The van der Waals surface area contributed by atoms with Gasteiger partial charge in [0, 0.05) is 5.56 Å². The Bertz CT molecular complexity index is 973. The third-order valence-corrected chi connectivity index (χ3v) is 8.07. The molecule has 2 aromatic rings. The molecule has 4 rings (SSSR count). The van der Waals surface area contributed by atoms with Crippen molar-refractivity contribution in [1.82, 2.24) is 0 Å². The fourth-order valence-corrected chi connectivity index (χ4v) is 5.93. The second-order valence-electron chi connectivity index (χ2n) is 10.3. The Morgan fingerprint density at radius 1 is 0.706 bits per heavy atom. The molecule has 0 bridgehead atoms. The molecule has 0 atom stereocenters. The highest BCUT2D eigenvalue weighted by molar-refractivity contribution is 5.30. The minimum atomic E-state index is -0.793. The molecule has 1 nitrogen and oxygen atoms in total. The van der Waals surface area contributed by atoms with Gasteiger partial charge in [0.15, 0.2) is 23.3 Å². The Hall–Kier alpha value is -1.88. The molecule has 0 N–H and O–H groups in total. The van der Waals surface area contributed by atoms with Gasteiger partial charge >= 0.3 is 0 Å². The molecule has 2 aromatic carbocycles. The minimum Gasteiger partial charge on any atom is -0.373 e. The first-order chi connectivity index (χ1) is 16.4. The number of ether oxygens (including phenoxy) is 1. The van der Waals surface area contributed by atoms with Gasteiger partial charge in [-0.1, -0.05) is 44.0 Å². The third kappa shape index (κ3) is 5.50. The van der Waals surface area contributed by atoms with Gasteiger partial charge in [-0.2, -0.15) is 0 Å². The van der Waals surface area contributed by atoms with Crippen molar-refractivity contribution in [3.8, 4) is 0 Å². The average Bonchev–Trinajstić information content (AvgIpc) is 2.85. The highest BCUT2D eigenvalue weighted by Crippen LogP contribution is 2.40. The van der Waals surface area contributed by atoms with Crippen LogP contribution >= 0.6 is 0 Å². The average molecular weight is 477 g/mol. The van der Waals surface area contributed by atoms with Crippen LogP contribution < -0.4 is 0 Å². The summed E-state index contributed by atoms with van der Waals surface area (Å²) in [4.78, 5) is 0. The van der Waals surface area contributed by atoms with Gasteiger partial charge in [0.05, 0.1) is 12.7 Å². The van der Waals surface area contributed by atoms with Crippen LogP contribution in [0.4, 0.5) is 17.6 Å². The molecule has 0 aliphatic heterocycles. The zero-order valence-electron chi connectivity index (χ0n) is 20.3. The zero-order valence-corrected chi connectivity index (χ0v) is 20.3. The maximum absolute atomic E-state index is 14.9. The van der Waals surface area contributed by atoms with Crippen molar-refractivity contribution in [2.45, 2.75) is 103 Å². The molecule has 2 aliphatic carbocycles. The topological polar surface area (TPSA) is 9.23 Å². The number of benzene rings is 2. The number of hydrogen-bond acceptors (Lipinski definition) is 1. The van der Waals surface area contributed by atoms with Crippen LogP contribution in [0.25, 0.3) is 0 Å². The van der Waals surface area contributed by atoms with Crippen LogP contribution in [0, 0.1) is 36.1 Å². The van der Waals surface area contributed by atoms with Crippen molar-refractivity contribution in [3.63, 3.8) is 0 Å². The molecule has 186 valence electrons. The molecular weight excluding hydrogens is 440 g/mol. The van der Waals surface area contributed by atoms with E-state index >= 15 is 0 Å². The van der Waals surface area contributed by atoms with Gasteiger partial charge in [0.2, 0.25) is 0 Å². The molecule has 0 saturated heterocycles. The Morgan fingerprint density at radius 3 is 1.88 bits per heavy atom. The van der Waals surface area contributed by atoms with E-state index in [1.54, 1.807) is 31.2 Å². The Labute approximate surface area is 200 Å². The van der Waals surface area contributed by atoms with Gasteiger partial charge in [-0.05, 0) is 92.7 Å². The lowest BCUT2D eigenvalue weighted by atomic mass is 9.77. The zero-order chi connectivity index (χ0) is 24.2. The van der Waals surface area contributed by atoms with E-state index in [9.17, 15) is 17.6 Å². The molecule has 0 radical (unpaired) electrons. The van der Waals surface area contributed by atoms with Crippen molar-refractivity contribution >= 4 is 0 Å². The molecule has 0 unspecified atom stereocenters. The summed E-state index contributed by atoms with van der Waals surface area (Å²) in [6, 6.07) is 6.71. The predicted molar refractivity (Wildman–Crippen MR) is 127 cm³/mol. The first-order valence-corrected chi connectivity index (χ1v) is 12.9. The summed E-state index contributed by atoms with van der Waals surface area (Å²) in [5, 5.41) is 0. The monoisotopic (exact) mass is 476 g/mol. The van der Waals surface area contributed by atoms with E-state index in [2.05, 4.69) is 6.92 Å². The maximum atomic E-state index is 14.9. The first kappa shape index (κ1) is 25.2. The summed E-state index contributed by atoms with van der Waals surface area (Å²) >= 11 is 0. The lowest BCUT2D eigenvalue weighted by molar-refractivity contribution is 0.0116. The van der Waals surface area contributed by atoms with Crippen LogP contribution in [-0.4, -0.2) is 6.10 Å². The Kier molecular flexibility index (Phi) is 8.34. The van der Waals surface area contributed by atoms with Crippen molar-refractivity contribution in [3.05, 3.63) is 69.8 Å². The summed E-state index contributed by atoms with van der Waals surface area (Å²) in [7, 11) is 0. The summed E-state index contributed by atoms with van der Waals surface area (Å²) < 4.78 is 63.9. The first-order valence-electron chi connectivity index (χ1n) is 12.9. The van der Waals surface area contributed by atoms with Crippen molar-refractivity contribution in [2.24, 2.45) is 5.92 Å². The molecular formula is C29H36F4O. The fourth-order valence-electron chi connectivity index (χ4n) is 5.93. The van der Waals surface area contributed by atoms with E-state index in [0.29, 0.717) is 42.4 Å². The van der Waals surface area contributed by atoms with Gasteiger partial charge in [-0.3, -0.25) is 0 Å². The number of hydrogen-bond donors (Lipinski definition) is 0. The van der Waals surface area contributed by atoms with Crippen molar-refractivity contribution < 1.29 is 22.3 Å². The molecule has 2 aliphatic rings. The van der Waals surface area contributed by atoms with Gasteiger partial charge in [0.1, 0.15) is 0 Å². The normalized spacial score (nSPS) is 25.5. The molecule has 0 amide bonds. The summed E-state index contributed by atoms with van der Waals surface area (Å²) in [5.41, 5.74) is 1.48. The second-order valence-corrected chi connectivity index (χ2v) is 10.3. The number of aryl methyl sites for hydroxylation is 1. The molecule has 2 saturated carbocycles. The molecule has 0 spiro atoms. The predicted octanol–water partition coefficient (Wildman–Crippen LogP) is 8.87. The lowest BCUT2D eigenvalue weighted by Gasteiger charge is -2.30. The lowest BCUT2D eigenvalue weighted by Crippen LogP contribution is -2.22. The standard InChI is InChI=1S/C29H36F4O/c1-3-4-19-6-8-20(9-7-19)25-16-12-22(27(31)29(25)33)17-34-23-13-10-21(11-14-23)24-15-5-18(2)26(30)28(24)32/h5,12,15-16,19-21,23H,3-4,6-11,13-14,17H2,1-2H3. The van der Waals surface area contributed by atoms with E-state index < -0.39 is 23.3 Å². The van der Waals surface area contributed by atoms with Crippen LogP contribution in [0.5, 0.6) is 0 Å². The third-order valence-electron chi connectivity index (χ3n) is 8.07. The largest absolute Gasteiger partial charge is 0.373 e. The smallest absolute Gasteiger partial charge is 0.164 e.